The fourth-order valence-corrected chi connectivity index (χ4v) is 6.11. The second kappa shape index (κ2) is 9.28. The van der Waals surface area contributed by atoms with E-state index in [1.54, 1.807) is 18.2 Å². The Hall–Kier alpha value is -2.75. The molecule has 0 atom stereocenters. The summed E-state index contributed by atoms with van der Waals surface area (Å²) in [6, 6.07) is 5.23. The highest BCUT2D eigenvalue weighted by Crippen LogP contribution is 2.33. The number of hydrogen-bond acceptors (Lipinski definition) is 5. The highest BCUT2D eigenvalue weighted by atomic mass is 32.2. The molecule has 1 N–H and O–H groups in total. The molecule has 3 aromatic rings. The molecule has 2 saturated carbocycles. The van der Waals surface area contributed by atoms with Crippen LogP contribution in [0.25, 0.3) is 11.0 Å². The monoisotopic (exact) mass is 515 g/mol. The molecule has 0 saturated heterocycles. The van der Waals surface area contributed by atoms with Gasteiger partial charge in [0.2, 0.25) is 5.91 Å². The van der Waals surface area contributed by atoms with Gasteiger partial charge in [0, 0.05) is 29.8 Å². The number of alkyl halides is 1. The lowest BCUT2D eigenvalue weighted by Crippen LogP contribution is -2.26. The topological polar surface area (TPSA) is 98.9 Å². The third-order valence-corrected chi connectivity index (χ3v) is 8.61. The highest BCUT2D eigenvalue weighted by Gasteiger charge is 2.28. The number of carbonyl (C=O) groups excluding carboxylic acids is 1. The SMILES string of the molecule is CC(C)(C)c1nc2cc(S(=O)(=O)n3cc(CC(=O)NC4CC4)cn3)ccc2n1CC1CCC(F)CC1. The highest BCUT2D eigenvalue weighted by molar-refractivity contribution is 7.89. The van der Waals surface area contributed by atoms with E-state index in [4.69, 9.17) is 4.98 Å². The zero-order chi connectivity index (χ0) is 25.7. The first-order chi connectivity index (χ1) is 17.0. The summed E-state index contributed by atoms with van der Waals surface area (Å²) in [7, 11) is -3.95. The van der Waals surface area contributed by atoms with Crippen molar-refractivity contribution in [2.75, 3.05) is 0 Å². The normalized spacial score (nSPS) is 21.1. The average molecular weight is 516 g/mol. The predicted molar refractivity (Wildman–Crippen MR) is 135 cm³/mol. The molecule has 0 unspecified atom stereocenters. The van der Waals surface area contributed by atoms with Gasteiger partial charge in [-0.25, -0.2) is 9.37 Å². The zero-order valence-corrected chi connectivity index (χ0v) is 21.9. The summed E-state index contributed by atoms with van der Waals surface area (Å²) in [5.74, 6) is 1.13. The third kappa shape index (κ3) is 5.19. The van der Waals surface area contributed by atoms with Crippen LogP contribution in [-0.4, -0.2) is 45.3 Å². The van der Waals surface area contributed by atoms with Crippen LogP contribution in [0.5, 0.6) is 0 Å². The molecule has 2 fully saturated rings. The molecule has 1 aromatic carbocycles. The number of carbonyl (C=O) groups is 1. The second-order valence-corrected chi connectivity index (χ2v) is 13.1. The average Bonchev–Trinajstić information content (AvgIpc) is 3.35. The zero-order valence-electron chi connectivity index (χ0n) is 21.1. The first-order valence-electron chi connectivity index (χ1n) is 12.7. The van der Waals surface area contributed by atoms with Gasteiger partial charge in [0.1, 0.15) is 12.0 Å². The Kier molecular flexibility index (Phi) is 6.43. The summed E-state index contributed by atoms with van der Waals surface area (Å²) in [4.78, 5) is 17.0. The molecular weight excluding hydrogens is 481 g/mol. The van der Waals surface area contributed by atoms with Crippen LogP contribution >= 0.6 is 0 Å². The van der Waals surface area contributed by atoms with Crippen LogP contribution in [0.4, 0.5) is 4.39 Å². The van der Waals surface area contributed by atoms with Crippen LogP contribution in [0.15, 0.2) is 35.5 Å². The molecule has 0 spiro atoms. The van der Waals surface area contributed by atoms with Gasteiger partial charge in [0.15, 0.2) is 0 Å². The Morgan fingerprint density at radius 1 is 1.14 bits per heavy atom. The minimum atomic E-state index is -3.95. The van der Waals surface area contributed by atoms with E-state index in [-0.39, 0.29) is 28.7 Å². The smallest absolute Gasteiger partial charge is 0.283 e. The summed E-state index contributed by atoms with van der Waals surface area (Å²) < 4.78 is 43.4. The largest absolute Gasteiger partial charge is 0.353 e. The Labute approximate surface area is 211 Å². The summed E-state index contributed by atoms with van der Waals surface area (Å²) in [6.45, 7) is 7.01. The number of benzene rings is 1. The van der Waals surface area contributed by atoms with Crippen molar-refractivity contribution in [3.63, 3.8) is 0 Å². The molecule has 0 bridgehead atoms. The van der Waals surface area contributed by atoms with E-state index in [2.05, 4.69) is 35.8 Å². The molecule has 2 aliphatic carbocycles. The first-order valence-corrected chi connectivity index (χ1v) is 14.2. The van der Waals surface area contributed by atoms with Crippen molar-refractivity contribution in [3.8, 4) is 0 Å². The van der Waals surface area contributed by atoms with Crippen molar-refractivity contribution in [2.24, 2.45) is 5.92 Å². The van der Waals surface area contributed by atoms with Crippen molar-refractivity contribution >= 4 is 27.0 Å². The summed E-state index contributed by atoms with van der Waals surface area (Å²) in [6.07, 6.45) is 7.07. The molecular formula is C26H34FN5O3S. The summed E-state index contributed by atoms with van der Waals surface area (Å²) >= 11 is 0. The number of hydrogen-bond donors (Lipinski definition) is 1. The lowest BCUT2D eigenvalue weighted by Gasteiger charge is -2.27. The van der Waals surface area contributed by atoms with E-state index in [0.717, 1.165) is 47.7 Å². The lowest BCUT2D eigenvalue weighted by molar-refractivity contribution is -0.120. The molecule has 2 heterocycles. The maximum Gasteiger partial charge on any atom is 0.283 e. The van der Waals surface area contributed by atoms with Gasteiger partial charge in [-0.05, 0) is 62.6 Å². The number of nitrogens with zero attached hydrogens (tertiary/aromatic N) is 4. The van der Waals surface area contributed by atoms with Crippen molar-refractivity contribution in [3.05, 3.63) is 42.0 Å². The molecule has 2 aliphatic rings. The Bertz CT molecular complexity index is 1380. The number of rotatable bonds is 7. The number of fused-ring (bicyclic) bond motifs is 1. The van der Waals surface area contributed by atoms with Gasteiger partial charge in [0.05, 0.1) is 28.5 Å². The van der Waals surface area contributed by atoms with Gasteiger partial charge in [-0.2, -0.15) is 17.6 Å². The minimum Gasteiger partial charge on any atom is -0.353 e. The molecule has 8 nitrogen and oxygen atoms in total. The first kappa shape index (κ1) is 24.9. The quantitative estimate of drug-likeness (QED) is 0.510. The Morgan fingerprint density at radius 2 is 1.86 bits per heavy atom. The predicted octanol–water partition coefficient (Wildman–Crippen LogP) is 4.12. The van der Waals surface area contributed by atoms with Crippen molar-refractivity contribution in [1.29, 1.82) is 0 Å². The number of halogens is 1. The molecule has 0 radical (unpaired) electrons. The number of imidazole rings is 1. The van der Waals surface area contributed by atoms with Crippen LogP contribution in [0.2, 0.25) is 0 Å². The van der Waals surface area contributed by atoms with Gasteiger partial charge in [-0.15, -0.1) is 0 Å². The lowest BCUT2D eigenvalue weighted by atomic mass is 9.87. The van der Waals surface area contributed by atoms with Crippen LogP contribution < -0.4 is 5.32 Å². The van der Waals surface area contributed by atoms with Gasteiger partial charge < -0.3 is 9.88 Å². The maximum absolute atomic E-state index is 13.7. The fourth-order valence-electron chi connectivity index (χ4n) is 4.95. The molecule has 36 heavy (non-hydrogen) atoms. The Morgan fingerprint density at radius 3 is 2.53 bits per heavy atom. The maximum atomic E-state index is 13.7. The van der Waals surface area contributed by atoms with Gasteiger partial charge >= 0.3 is 0 Å². The number of aromatic nitrogens is 4. The Balaban J connectivity index is 1.42. The van der Waals surface area contributed by atoms with Crippen LogP contribution in [0.1, 0.15) is 70.7 Å². The molecule has 2 aromatic heterocycles. The van der Waals surface area contributed by atoms with Gasteiger partial charge in [-0.1, -0.05) is 20.8 Å². The van der Waals surface area contributed by atoms with Gasteiger partial charge in [0.25, 0.3) is 10.0 Å². The van der Waals surface area contributed by atoms with Crippen LogP contribution in [0, 0.1) is 5.92 Å². The van der Waals surface area contributed by atoms with E-state index in [0.29, 0.717) is 29.8 Å². The van der Waals surface area contributed by atoms with Crippen LogP contribution in [0.3, 0.4) is 0 Å². The van der Waals surface area contributed by atoms with Gasteiger partial charge in [-0.3, -0.25) is 4.79 Å². The molecule has 194 valence electrons. The number of amides is 1. The summed E-state index contributed by atoms with van der Waals surface area (Å²) in [5, 5.41) is 6.93. The molecule has 10 heteroatoms. The van der Waals surface area contributed by atoms with E-state index < -0.39 is 16.2 Å². The van der Waals surface area contributed by atoms with E-state index in [1.165, 1.54) is 12.4 Å². The minimum absolute atomic E-state index is 0.0920. The third-order valence-electron chi connectivity index (χ3n) is 7.07. The van der Waals surface area contributed by atoms with Crippen molar-refractivity contribution in [2.45, 2.75) is 94.8 Å². The van der Waals surface area contributed by atoms with Crippen molar-refractivity contribution in [1.82, 2.24) is 24.1 Å². The standard InChI is InChI=1S/C26H34FN5O3S/c1-26(2,3)25-30-22-13-21(10-11-23(22)31(25)15-17-4-6-19(27)7-5-17)36(34,35)32-16-18(14-28-32)12-24(33)29-20-8-9-20/h10-11,13-14,16-17,19-20H,4-9,12,15H2,1-3H3,(H,29,33). The second-order valence-electron chi connectivity index (χ2n) is 11.3. The van der Waals surface area contributed by atoms with E-state index >= 15 is 0 Å². The molecule has 0 aliphatic heterocycles. The van der Waals surface area contributed by atoms with E-state index in [1.807, 2.05) is 0 Å². The number of nitrogens with one attached hydrogen (secondary N) is 1. The van der Waals surface area contributed by atoms with Crippen molar-refractivity contribution < 1.29 is 17.6 Å². The molecule has 1 amide bonds. The van der Waals surface area contributed by atoms with E-state index in [9.17, 15) is 17.6 Å². The van der Waals surface area contributed by atoms with Crippen LogP contribution in [-0.2, 0) is 33.2 Å². The fraction of sp³-hybridized carbons (Fsp3) is 0.577. The summed E-state index contributed by atoms with van der Waals surface area (Å²) in [5.41, 5.74) is 1.78. The molecule has 5 rings (SSSR count).